The average Bonchev–Trinajstić information content (AvgIpc) is 2.39. The number of hydrogen-bond donors (Lipinski definition) is 2. The van der Waals surface area contributed by atoms with Crippen LogP contribution < -0.4 is 5.32 Å². The zero-order valence-corrected chi connectivity index (χ0v) is 12.9. The number of nitrogens with one attached hydrogen (secondary N) is 1. The molecule has 1 amide bonds. The maximum Gasteiger partial charge on any atom is 0.221 e. The zero-order chi connectivity index (χ0) is 15.2. The van der Waals surface area contributed by atoms with E-state index in [9.17, 15) is 13.2 Å². The number of aliphatic hydroxyl groups excluding tert-OH is 1. The molecule has 1 rings (SSSR count). The van der Waals surface area contributed by atoms with E-state index in [0.717, 1.165) is 0 Å². The lowest BCUT2D eigenvalue weighted by atomic mass is 10.4. The Bertz CT molecular complexity index is 575. The quantitative estimate of drug-likeness (QED) is 0.740. The molecular weight excluding hydrogens is 325 g/mol. The number of aliphatic hydroxyl groups is 1. The first-order chi connectivity index (χ1) is 9.36. The Morgan fingerprint density at radius 1 is 1.30 bits per heavy atom. The molecule has 0 saturated carbocycles. The van der Waals surface area contributed by atoms with Gasteiger partial charge in [0, 0.05) is 24.6 Å². The van der Waals surface area contributed by atoms with E-state index < -0.39 is 9.84 Å². The number of sulfone groups is 1. The molecule has 0 spiro atoms. The van der Waals surface area contributed by atoms with Gasteiger partial charge in [-0.25, -0.2) is 8.42 Å². The van der Waals surface area contributed by atoms with Crippen LogP contribution in [-0.4, -0.2) is 38.3 Å². The van der Waals surface area contributed by atoms with Crippen molar-refractivity contribution in [3.05, 3.63) is 28.2 Å². The number of amides is 1. The second-order valence-corrected chi connectivity index (χ2v) is 6.99. The van der Waals surface area contributed by atoms with Crippen molar-refractivity contribution in [1.29, 1.82) is 0 Å². The van der Waals surface area contributed by atoms with Gasteiger partial charge in [0.1, 0.15) is 0 Å². The lowest BCUT2D eigenvalue weighted by molar-refractivity contribution is -0.120. The molecule has 0 aliphatic rings. The maximum absolute atomic E-state index is 12.1. The summed E-state index contributed by atoms with van der Waals surface area (Å²) in [6, 6.07) is 4.16. The third kappa shape index (κ3) is 5.28. The van der Waals surface area contributed by atoms with Crippen LogP contribution in [0.4, 0.5) is 0 Å². The van der Waals surface area contributed by atoms with Crippen LogP contribution in [0.15, 0.2) is 23.1 Å². The van der Waals surface area contributed by atoms with Gasteiger partial charge >= 0.3 is 0 Å². The number of carbonyl (C=O) groups excluding carboxylic acids is 1. The Morgan fingerprint density at radius 2 is 2.00 bits per heavy atom. The minimum absolute atomic E-state index is 0.0311. The van der Waals surface area contributed by atoms with Crippen LogP contribution in [0.1, 0.15) is 12.8 Å². The second-order valence-electron chi connectivity index (χ2n) is 4.07. The molecule has 0 radical (unpaired) electrons. The van der Waals surface area contributed by atoms with Crippen LogP contribution in [0.3, 0.4) is 0 Å². The highest BCUT2D eigenvalue weighted by atomic mass is 35.5. The molecule has 0 bridgehead atoms. The molecule has 0 atom stereocenters. The van der Waals surface area contributed by atoms with Crippen LogP contribution in [0.5, 0.6) is 0 Å². The Labute approximate surface area is 127 Å². The van der Waals surface area contributed by atoms with Crippen LogP contribution in [0, 0.1) is 0 Å². The van der Waals surface area contributed by atoms with Crippen LogP contribution in [-0.2, 0) is 14.6 Å². The van der Waals surface area contributed by atoms with Gasteiger partial charge in [0.15, 0.2) is 9.84 Å². The highest BCUT2D eigenvalue weighted by Crippen LogP contribution is 2.26. The van der Waals surface area contributed by atoms with Gasteiger partial charge in [0.2, 0.25) is 5.91 Å². The molecule has 0 fully saturated rings. The molecule has 112 valence electrons. The van der Waals surface area contributed by atoms with Gasteiger partial charge < -0.3 is 10.4 Å². The summed E-state index contributed by atoms with van der Waals surface area (Å²) in [6.07, 6.45) is 0.259. The summed E-state index contributed by atoms with van der Waals surface area (Å²) >= 11 is 11.6. The Balaban J connectivity index is 2.66. The molecular formula is C12H15Cl2NO4S. The van der Waals surface area contributed by atoms with Crippen molar-refractivity contribution in [1.82, 2.24) is 5.32 Å². The van der Waals surface area contributed by atoms with Gasteiger partial charge in [0.05, 0.1) is 15.7 Å². The highest BCUT2D eigenvalue weighted by Gasteiger charge is 2.19. The fourth-order valence-corrected chi connectivity index (χ4v) is 3.50. The average molecular weight is 340 g/mol. The Morgan fingerprint density at radius 3 is 2.65 bits per heavy atom. The first-order valence-corrected chi connectivity index (χ1v) is 8.33. The standard InChI is InChI=1S/C12H15Cl2NO4S/c13-9-2-3-10(14)11(8-9)20(18,19)7-4-12(17)15-5-1-6-16/h2-3,8,16H,1,4-7H2,(H,15,17). The van der Waals surface area contributed by atoms with E-state index in [2.05, 4.69) is 5.32 Å². The normalized spacial score (nSPS) is 11.3. The summed E-state index contributed by atoms with van der Waals surface area (Å²) in [7, 11) is -3.67. The van der Waals surface area contributed by atoms with E-state index in [1.807, 2.05) is 0 Å². The van der Waals surface area contributed by atoms with Gasteiger partial charge in [-0.15, -0.1) is 0 Å². The number of hydrogen-bond acceptors (Lipinski definition) is 4. The molecule has 20 heavy (non-hydrogen) atoms. The molecule has 0 aliphatic heterocycles. The summed E-state index contributed by atoms with van der Waals surface area (Å²) < 4.78 is 24.2. The van der Waals surface area contributed by atoms with Crippen molar-refractivity contribution < 1.29 is 18.3 Å². The van der Waals surface area contributed by atoms with Crippen molar-refractivity contribution >= 4 is 38.9 Å². The van der Waals surface area contributed by atoms with E-state index in [-0.39, 0.29) is 39.6 Å². The molecule has 8 heteroatoms. The number of halogens is 2. The van der Waals surface area contributed by atoms with Gasteiger partial charge in [-0.2, -0.15) is 0 Å². The van der Waals surface area contributed by atoms with Crippen molar-refractivity contribution in [3.8, 4) is 0 Å². The van der Waals surface area contributed by atoms with Gasteiger partial charge in [-0.1, -0.05) is 23.2 Å². The lowest BCUT2D eigenvalue weighted by Gasteiger charge is -2.07. The maximum atomic E-state index is 12.1. The number of rotatable bonds is 7. The molecule has 0 unspecified atom stereocenters. The molecule has 5 nitrogen and oxygen atoms in total. The van der Waals surface area contributed by atoms with Gasteiger partial charge in [-0.3, -0.25) is 4.79 Å². The summed E-state index contributed by atoms with van der Waals surface area (Å²) in [6.45, 7) is 0.282. The summed E-state index contributed by atoms with van der Waals surface area (Å²) in [5, 5.41) is 11.4. The molecule has 1 aromatic carbocycles. The minimum atomic E-state index is -3.67. The van der Waals surface area contributed by atoms with Crippen LogP contribution in [0.25, 0.3) is 0 Å². The second kappa shape index (κ2) is 7.83. The first kappa shape index (κ1) is 17.2. The minimum Gasteiger partial charge on any atom is -0.396 e. The molecule has 0 aromatic heterocycles. The zero-order valence-electron chi connectivity index (χ0n) is 10.6. The van der Waals surface area contributed by atoms with Crippen molar-refractivity contribution in [2.24, 2.45) is 0 Å². The van der Waals surface area contributed by atoms with Crippen molar-refractivity contribution in [2.45, 2.75) is 17.7 Å². The third-order valence-electron chi connectivity index (χ3n) is 2.48. The number of carbonyl (C=O) groups is 1. The van der Waals surface area contributed by atoms with Crippen LogP contribution >= 0.6 is 23.2 Å². The van der Waals surface area contributed by atoms with Crippen LogP contribution in [0.2, 0.25) is 10.0 Å². The summed E-state index contributed by atoms with van der Waals surface area (Å²) in [5.41, 5.74) is 0. The first-order valence-electron chi connectivity index (χ1n) is 5.92. The molecule has 0 saturated heterocycles. The predicted molar refractivity (Wildman–Crippen MR) is 77.8 cm³/mol. The third-order valence-corrected chi connectivity index (χ3v) is 4.91. The summed E-state index contributed by atoms with van der Waals surface area (Å²) in [4.78, 5) is 11.4. The predicted octanol–water partition coefficient (Wildman–Crippen LogP) is 1.66. The monoisotopic (exact) mass is 339 g/mol. The Hall–Kier alpha value is -0.820. The molecule has 2 N–H and O–H groups in total. The fraction of sp³-hybridized carbons (Fsp3) is 0.417. The van der Waals surface area contributed by atoms with E-state index in [1.165, 1.54) is 18.2 Å². The topological polar surface area (TPSA) is 83.5 Å². The van der Waals surface area contributed by atoms with E-state index in [0.29, 0.717) is 13.0 Å². The fourth-order valence-electron chi connectivity index (χ4n) is 1.45. The smallest absolute Gasteiger partial charge is 0.221 e. The van der Waals surface area contributed by atoms with Crippen molar-refractivity contribution in [2.75, 3.05) is 18.9 Å². The highest BCUT2D eigenvalue weighted by molar-refractivity contribution is 7.91. The van der Waals surface area contributed by atoms with E-state index >= 15 is 0 Å². The van der Waals surface area contributed by atoms with Crippen molar-refractivity contribution in [3.63, 3.8) is 0 Å². The van der Waals surface area contributed by atoms with Gasteiger partial charge in [-0.05, 0) is 24.6 Å². The Kier molecular flexibility index (Phi) is 6.75. The SMILES string of the molecule is O=C(CCS(=O)(=O)c1cc(Cl)ccc1Cl)NCCCO. The molecule has 1 aromatic rings. The van der Waals surface area contributed by atoms with E-state index in [4.69, 9.17) is 28.3 Å². The summed E-state index contributed by atoms with van der Waals surface area (Å²) in [5.74, 6) is -0.738. The molecule has 0 heterocycles. The largest absolute Gasteiger partial charge is 0.396 e. The number of benzene rings is 1. The molecule has 0 aliphatic carbocycles. The van der Waals surface area contributed by atoms with Gasteiger partial charge in [0.25, 0.3) is 0 Å². The lowest BCUT2D eigenvalue weighted by Crippen LogP contribution is -2.27. The van der Waals surface area contributed by atoms with E-state index in [1.54, 1.807) is 0 Å².